The lowest BCUT2D eigenvalue weighted by atomic mass is 9.69. The third-order valence-electron chi connectivity index (χ3n) is 10.6. The summed E-state index contributed by atoms with van der Waals surface area (Å²) in [5, 5.41) is 7.30. The van der Waals surface area contributed by atoms with Crippen molar-refractivity contribution < 1.29 is 4.42 Å². The van der Waals surface area contributed by atoms with E-state index in [-0.39, 0.29) is 5.41 Å². The van der Waals surface area contributed by atoms with Crippen LogP contribution < -0.4 is 0 Å². The molecule has 0 N–H and O–H groups in total. The highest BCUT2D eigenvalue weighted by molar-refractivity contribution is 6.11. The smallest absolute Gasteiger partial charge is 0.136 e. The zero-order valence-corrected chi connectivity index (χ0v) is 24.9. The van der Waals surface area contributed by atoms with E-state index in [1.165, 1.54) is 71.6 Å². The van der Waals surface area contributed by atoms with Gasteiger partial charge in [0.1, 0.15) is 11.2 Å². The second-order valence-electron chi connectivity index (χ2n) is 12.8. The Morgan fingerprint density at radius 3 is 1.61 bits per heavy atom. The summed E-state index contributed by atoms with van der Waals surface area (Å²) in [5.41, 5.74) is 14.6. The highest BCUT2D eigenvalue weighted by Crippen LogP contribution is 2.64. The van der Waals surface area contributed by atoms with Crippen LogP contribution >= 0.6 is 0 Å². The van der Waals surface area contributed by atoms with Crippen molar-refractivity contribution in [1.82, 2.24) is 0 Å². The molecule has 11 rings (SSSR count). The minimum absolute atomic E-state index is 0.373. The Morgan fingerprint density at radius 2 is 0.891 bits per heavy atom. The second kappa shape index (κ2) is 8.62. The molecule has 1 heterocycles. The summed E-state index contributed by atoms with van der Waals surface area (Å²) in [4.78, 5) is 0. The lowest BCUT2D eigenvalue weighted by Gasteiger charge is -2.31. The molecule has 9 aromatic rings. The van der Waals surface area contributed by atoms with Crippen molar-refractivity contribution in [3.05, 3.63) is 180 Å². The standard InChI is InChI=1S/C45H26O/c1-2-10-29-25-43-38(24-28(29)9-1)35-21-20-31(26-42(35)46-43)30-18-17-27-19-22-36-34-13-5-8-16-41(34)45(44(36)37(27)23-30)39-14-6-3-11-32(39)33-12-4-7-15-40(33)45/h1-26H. The molecule has 0 atom stereocenters. The van der Waals surface area contributed by atoms with Gasteiger partial charge in [-0.1, -0.05) is 127 Å². The van der Waals surface area contributed by atoms with Crippen LogP contribution in [0.2, 0.25) is 0 Å². The molecule has 1 spiro atoms. The fourth-order valence-corrected chi connectivity index (χ4v) is 8.74. The summed E-state index contributed by atoms with van der Waals surface area (Å²) in [6.45, 7) is 0. The second-order valence-corrected chi connectivity index (χ2v) is 12.8. The Morgan fingerprint density at radius 1 is 0.348 bits per heavy atom. The molecule has 0 unspecified atom stereocenters. The van der Waals surface area contributed by atoms with Gasteiger partial charge in [0.15, 0.2) is 0 Å². The Hall–Kier alpha value is -5.92. The molecule has 0 saturated heterocycles. The van der Waals surface area contributed by atoms with Gasteiger partial charge in [-0.05, 0) is 108 Å². The largest absolute Gasteiger partial charge is 0.456 e. The molecule has 0 fully saturated rings. The molecule has 0 aliphatic heterocycles. The van der Waals surface area contributed by atoms with Crippen LogP contribution in [0.1, 0.15) is 22.3 Å². The van der Waals surface area contributed by atoms with Gasteiger partial charge in [0.25, 0.3) is 0 Å². The predicted molar refractivity (Wildman–Crippen MR) is 190 cm³/mol. The van der Waals surface area contributed by atoms with Crippen LogP contribution in [-0.4, -0.2) is 0 Å². The van der Waals surface area contributed by atoms with Gasteiger partial charge in [-0.25, -0.2) is 0 Å². The number of hydrogen-bond acceptors (Lipinski definition) is 1. The zero-order chi connectivity index (χ0) is 30.0. The number of rotatable bonds is 1. The average molecular weight is 583 g/mol. The van der Waals surface area contributed by atoms with Crippen LogP contribution in [-0.2, 0) is 5.41 Å². The van der Waals surface area contributed by atoms with E-state index in [1.54, 1.807) is 0 Å². The fraction of sp³-hybridized carbons (Fsp3) is 0.0222. The molecule has 1 heteroatoms. The summed E-state index contributed by atoms with van der Waals surface area (Å²) in [6, 6.07) is 58.3. The first kappa shape index (κ1) is 24.4. The van der Waals surface area contributed by atoms with Crippen molar-refractivity contribution in [2.24, 2.45) is 0 Å². The zero-order valence-electron chi connectivity index (χ0n) is 24.9. The first-order valence-electron chi connectivity index (χ1n) is 16.0. The van der Waals surface area contributed by atoms with Gasteiger partial charge >= 0.3 is 0 Å². The molecule has 0 bridgehead atoms. The normalized spacial score (nSPS) is 13.8. The molecule has 1 aromatic heterocycles. The predicted octanol–water partition coefficient (Wildman–Crippen LogP) is 11.9. The van der Waals surface area contributed by atoms with Gasteiger partial charge in [0, 0.05) is 10.8 Å². The van der Waals surface area contributed by atoms with E-state index >= 15 is 0 Å². The Kier molecular flexibility index (Phi) is 4.57. The molecule has 2 aliphatic rings. The van der Waals surface area contributed by atoms with Gasteiger partial charge < -0.3 is 4.42 Å². The van der Waals surface area contributed by atoms with Crippen LogP contribution in [0.3, 0.4) is 0 Å². The topological polar surface area (TPSA) is 13.1 Å². The maximum absolute atomic E-state index is 6.48. The van der Waals surface area contributed by atoms with Crippen LogP contribution in [0.25, 0.3) is 76.9 Å². The van der Waals surface area contributed by atoms with Gasteiger partial charge in [0.05, 0.1) is 5.41 Å². The van der Waals surface area contributed by atoms with Gasteiger partial charge in [-0.15, -0.1) is 0 Å². The minimum Gasteiger partial charge on any atom is -0.456 e. The third kappa shape index (κ3) is 2.96. The van der Waals surface area contributed by atoms with Crippen molar-refractivity contribution in [3.63, 3.8) is 0 Å². The highest BCUT2D eigenvalue weighted by Gasteiger charge is 2.52. The van der Waals surface area contributed by atoms with E-state index < -0.39 is 0 Å². The van der Waals surface area contributed by atoms with Crippen LogP contribution in [0.4, 0.5) is 0 Å². The van der Waals surface area contributed by atoms with Gasteiger partial charge in [-0.3, -0.25) is 0 Å². The maximum atomic E-state index is 6.48. The van der Waals surface area contributed by atoms with E-state index in [0.29, 0.717) is 0 Å². The van der Waals surface area contributed by atoms with Crippen LogP contribution in [0.15, 0.2) is 162 Å². The van der Waals surface area contributed by atoms with Crippen molar-refractivity contribution >= 4 is 43.5 Å². The fourth-order valence-electron chi connectivity index (χ4n) is 8.74. The monoisotopic (exact) mass is 582 g/mol. The van der Waals surface area contributed by atoms with Crippen molar-refractivity contribution in [3.8, 4) is 33.4 Å². The molecule has 0 amide bonds. The van der Waals surface area contributed by atoms with Crippen molar-refractivity contribution in [1.29, 1.82) is 0 Å². The molecule has 0 saturated carbocycles. The molecule has 0 radical (unpaired) electrons. The molecule has 2 aliphatic carbocycles. The van der Waals surface area contributed by atoms with E-state index in [1.807, 2.05) is 0 Å². The molecule has 8 aromatic carbocycles. The molecular weight excluding hydrogens is 556 g/mol. The third-order valence-corrected chi connectivity index (χ3v) is 10.6. The lowest BCUT2D eigenvalue weighted by Crippen LogP contribution is -2.26. The first-order valence-corrected chi connectivity index (χ1v) is 16.0. The van der Waals surface area contributed by atoms with Gasteiger partial charge in [0.2, 0.25) is 0 Å². The summed E-state index contributed by atoms with van der Waals surface area (Å²) < 4.78 is 6.48. The molecule has 212 valence electrons. The average Bonchev–Trinajstić information content (AvgIpc) is 3.73. The molecule has 1 nitrogen and oxygen atoms in total. The summed E-state index contributed by atoms with van der Waals surface area (Å²) >= 11 is 0. The lowest BCUT2D eigenvalue weighted by molar-refractivity contribution is 0.669. The van der Waals surface area contributed by atoms with E-state index in [2.05, 4.69) is 158 Å². The SMILES string of the molecule is c1ccc2c(c1)-c1ccccc1C21c2ccccc2-c2ccc3ccc(-c4ccc5c(c4)oc4cc6ccccc6cc45)cc3c21. The number of hydrogen-bond donors (Lipinski definition) is 0. The van der Waals surface area contributed by atoms with E-state index in [0.717, 1.165) is 27.5 Å². The highest BCUT2D eigenvalue weighted by atomic mass is 16.3. The number of fused-ring (bicyclic) bond motifs is 16. The Balaban J connectivity index is 1.19. The summed E-state index contributed by atoms with van der Waals surface area (Å²) in [5.74, 6) is 0. The van der Waals surface area contributed by atoms with Crippen LogP contribution in [0.5, 0.6) is 0 Å². The van der Waals surface area contributed by atoms with E-state index in [9.17, 15) is 0 Å². The summed E-state index contributed by atoms with van der Waals surface area (Å²) in [6.07, 6.45) is 0. The minimum atomic E-state index is -0.373. The Labute approximate surface area is 266 Å². The van der Waals surface area contributed by atoms with Crippen molar-refractivity contribution in [2.45, 2.75) is 5.41 Å². The van der Waals surface area contributed by atoms with Crippen molar-refractivity contribution in [2.75, 3.05) is 0 Å². The van der Waals surface area contributed by atoms with E-state index in [4.69, 9.17) is 4.42 Å². The first-order chi connectivity index (χ1) is 22.8. The van der Waals surface area contributed by atoms with Crippen LogP contribution in [0, 0.1) is 0 Å². The summed E-state index contributed by atoms with van der Waals surface area (Å²) in [7, 11) is 0. The quantitative estimate of drug-likeness (QED) is 0.188. The maximum Gasteiger partial charge on any atom is 0.136 e. The molecular formula is C45H26O. The molecule has 46 heavy (non-hydrogen) atoms. The number of furan rings is 1. The Bertz CT molecular complexity index is 2700. The number of benzene rings is 8. The van der Waals surface area contributed by atoms with Gasteiger partial charge in [-0.2, -0.15) is 0 Å².